The highest BCUT2D eigenvalue weighted by molar-refractivity contribution is 14.0. The lowest BCUT2D eigenvalue weighted by atomic mass is 10.1. The first-order valence-corrected chi connectivity index (χ1v) is 9.79. The van der Waals surface area contributed by atoms with Gasteiger partial charge < -0.3 is 25.4 Å². The first-order valence-electron chi connectivity index (χ1n) is 9.79. The predicted molar refractivity (Wildman–Crippen MR) is 126 cm³/mol. The number of nitrogens with zero attached hydrogens (tertiary/aromatic N) is 2. The molecule has 0 spiro atoms. The molecule has 164 valence electrons. The Morgan fingerprint density at radius 3 is 2.59 bits per heavy atom. The van der Waals surface area contributed by atoms with Gasteiger partial charge in [0.2, 0.25) is 5.91 Å². The molecule has 1 aromatic rings. The molecule has 0 saturated carbocycles. The number of guanidine groups is 1. The van der Waals surface area contributed by atoms with Crippen LogP contribution in [0.3, 0.4) is 0 Å². The summed E-state index contributed by atoms with van der Waals surface area (Å²) in [6.07, 6.45) is 1.96. The number of likely N-dealkylation sites (N-methyl/N-ethyl adjacent to an activating group) is 1. The maximum absolute atomic E-state index is 11.5. The molecule has 1 fully saturated rings. The molecule has 1 heterocycles. The van der Waals surface area contributed by atoms with Crippen LogP contribution < -0.4 is 25.4 Å². The van der Waals surface area contributed by atoms with Crippen LogP contribution in [0, 0.1) is 0 Å². The second-order valence-electron chi connectivity index (χ2n) is 6.71. The number of carbonyl (C=O) groups excluding carboxylic acids is 1. The van der Waals surface area contributed by atoms with Gasteiger partial charge in [0.1, 0.15) is 0 Å². The van der Waals surface area contributed by atoms with Crippen molar-refractivity contribution in [3.8, 4) is 11.5 Å². The minimum absolute atomic E-state index is 0. The fourth-order valence-corrected chi connectivity index (χ4v) is 3.19. The Bertz CT molecular complexity index is 664. The van der Waals surface area contributed by atoms with Crippen LogP contribution in [0.4, 0.5) is 0 Å². The highest BCUT2D eigenvalue weighted by Crippen LogP contribution is 2.27. The summed E-state index contributed by atoms with van der Waals surface area (Å²) in [6, 6.07) is 6.26. The Balaban J connectivity index is 0.00000420. The summed E-state index contributed by atoms with van der Waals surface area (Å²) < 4.78 is 11.0. The van der Waals surface area contributed by atoms with Gasteiger partial charge in [-0.25, -0.2) is 0 Å². The van der Waals surface area contributed by atoms with Crippen LogP contribution in [0.25, 0.3) is 0 Å². The van der Waals surface area contributed by atoms with E-state index in [0.29, 0.717) is 25.7 Å². The molecular formula is C20H34IN5O3. The standard InChI is InChI=1S/C20H33N5O3.HI/c1-5-28-18-12-15(6-7-17(18)27-4)13-23-20(22-3)24-16-8-10-25(11-9-16)14-19(26)21-2;/h6-7,12,16H,5,8-11,13-14H2,1-4H3,(H,21,26)(H2,22,23,24);1H. The lowest BCUT2D eigenvalue weighted by Gasteiger charge is -2.32. The molecule has 3 N–H and O–H groups in total. The maximum atomic E-state index is 11.5. The first kappa shape index (κ1) is 25.3. The first-order chi connectivity index (χ1) is 13.6. The zero-order valence-corrected chi connectivity index (χ0v) is 20.1. The van der Waals surface area contributed by atoms with E-state index in [1.165, 1.54) is 0 Å². The molecule has 1 aromatic carbocycles. The fraction of sp³-hybridized carbons (Fsp3) is 0.600. The molecule has 1 aliphatic rings. The number of halogens is 1. The average Bonchev–Trinajstić information content (AvgIpc) is 2.72. The van der Waals surface area contributed by atoms with Crippen molar-refractivity contribution < 1.29 is 14.3 Å². The lowest BCUT2D eigenvalue weighted by Crippen LogP contribution is -2.49. The molecule has 1 amide bonds. The number of methoxy groups -OCH3 is 1. The van der Waals surface area contributed by atoms with E-state index in [1.54, 1.807) is 21.2 Å². The second-order valence-corrected chi connectivity index (χ2v) is 6.71. The van der Waals surface area contributed by atoms with E-state index in [0.717, 1.165) is 49.0 Å². The van der Waals surface area contributed by atoms with Crippen LogP contribution in [0.15, 0.2) is 23.2 Å². The summed E-state index contributed by atoms with van der Waals surface area (Å²) in [5.41, 5.74) is 1.09. The zero-order valence-electron chi connectivity index (χ0n) is 17.8. The van der Waals surface area contributed by atoms with Crippen LogP contribution >= 0.6 is 24.0 Å². The van der Waals surface area contributed by atoms with Gasteiger partial charge in [0.25, 0.3) is 0 Å². The molecule has 0 unspecified atom stereocenters. The van der Waals surface area contributed by atoms with E-state index in [9.17, 15) is 4.79 Å². The lowest BCUT2D eigenvalue weighted by molar-refractivity contribution is -0.122. The number of rotatable bonds is 8. The molecule has 2 rings (SSSR count). The summed E-state index contributed by atoms with van der Waals surface area (Å²) in [5.74, 6) is 2.32. The summed E-state index contributed by atoms with van der Waals surface area (Å²) in [5, 5.41) is 9.51. The van der Waals surface area contributed by atoms with E-state index in [4.69, 9.17) is 9.47 Å². The van der Waals surface area contributed by atoms with Crippen LogP contribution in [-0.2, 0) is 11.3 Å². The van der Waals surface area contributed by atoms with Gasteiger partial charge in [-0.05, 0) is 37.5 Å². The minimum atomic E-state index is 0. The van der Waals surface area contributed by atoms with Crippen LogP contribution in [0.2, 0.25) is 0 Å². The van der Waals surface area contributed by atoms with Crippen molar-refractivity contribution in [1.29, 1.82) is 0 Å². The molecule has 1 aliphatic heterocycles. The SMILES string of the molecule is CCOc1cc(CNC(=NC)NC2CCN(CC(=O)NC)CC2)ccc1OC.I. The summed E-state index contributed by atoms with van der Waals surface area (Å²) in [7, 11) is 5.09. The van der Waals surface area contributed by atoms with Crippen LogP contribution in [0.1, 0.15) is 25.3 Å². The average molecular weight is 519 g/mol. The smallest absolute Gasteiger partial charge is 0.233 e. The van der Waals surface area contributed by atoms with Crippen LogP contribution in [0.5, 0.6) is 11.5 Å². The number of hydrogen-bond donors (Lipinski definition) is 3. The van der Waals surface area contributed by atoms with Gasteiger partial charge in [-0.15, -0.1) is 24.0 Å². The molecular weight excluding hydrogens is 485 g/mol. The highest BCUT2D eigenvalue weighted by atomic mass is 127. The third kappa shape index (κ3) is 8.25. The number of piperidine rings is 1. The van der Waals surface area contributed by atoms with Gasteiger partial charge in [0.05, 0.1) is 20.3 Å². The van der Waals surface area contributed by atoms with Gasteiger partial charge in [-0.1, -0.05) is 6.07 Å². The second kappa shape index (κ2) is 13.5. The molecule has 9 heteroatoms. The van der Waals surface area contributed by atoms with Crippen molar-refractivity contribution >= 4 is 35.8 Å². The van der Waals surface area contributed by atoms with E-state index in [2.05, 4.69) is 25.8 Å². The van der Waals surface area contributed by atoms with Crippen molar-refractivity contribution in [3.63, 3.8) is 0 Å². The number of benzene rings is 1. The third-order valence-electron chi connectivity index (χ3n) is 4.79. The third-order valence-corrected chi connectivity index (χ3v) is 4.79. The minimum Gasteiger partial charge on any atom is -0.493 e. The Morgan fingerprint density at radius 2 is 2.00 bits per heavy atom. The summed E-state index contributed by atoms with van der Waals surface area (Å²) >= 11 is 0. The quantitative estimate of drug-likeness (QED) is 0.275. The normalized spacial score (nSPS) is 15.2. The van der Waals surface area contributed by atoms with E-state index < -0.39 is 0 Å². The molecule has 1 saturated heterocycles. The number of aliphatic imine (C=N–C) groups is 1. The van der Waals surface area contributed by atoms with Crippen molar-refractivity contribution in [1.82, 2.24) is 20.9 Å². The number of amides is 1. The summed E-state index contributed by atoms with van der Waals surface area (Å²) in [6.45, 7) is 5.46. The number of ether oxygens (including phenoxy) is 2. The van der Waals surface area contributed by atoms with Crippen molar-refractivity contribution in [2.24, 2.45) is 4.99 Å². The monoisotopic (exact) mass is 519 g/mol. The van der Waals surface area contributed by atoms with E-state index in [-0.39, 0.29) is 29.9 Å². The van der Waals surface area contributed by atoms with Gasteiger partial charge in [0, 0.05) is 39.8 Å². The maximum Gasteiger partial charge on any atom is 0.233 e. The molecule has 0 aliphatic carbocycles. The molecule has 8 nitrogen and oxygen atoms in total. The topological polar surface area (TPSA) is 87.2 Å². The Kier molecular flexibility index (Phi) is 11.7. The van der Waals surface area contributed by atoms with Gasteiger partial charge >= 0.3 is 0 Å². The fourth-order valence-electron chi connectivity index (χ4n) is 3.19. The van der Waals surface area contributed by atoms with Gasteiger partial charge in [-0.3, -0.25) is 14.7 Å². The Hall–Kier alpha value is -1.75. The molecule has 29 heavy (non-hydrogen) atoms. The number of carbonyl (C=O) groups is 1. The van der Waals surface area contributed by atoms with Crippen LogP contribution in [-0.4, -0.2) is 70.3 Å². The molecule has 0 radical (unpaired) electrons. The van der Waals surface area contributed by atoms with Gasteiger partial charge in [-0.2, -0.15) is 0 Å². The molecule has 0 atom stereocenters. The predicted octanol–water partition coefficient (Wildman–Crippen LogP) is 1.59. The van der Waals surface area contributed by atoms with Crippen molar-refractivity contribution in [2.75, 3.05) is 47.4 Å². The van der Waals surface area contributed by atoms with E-state index >= 15 is 0 Å². The Labute approximate surface area is 190 Å². The van der Waals surface area contributed by atoms with Crippen molar-refractivity contribution in [3.05, 3.63) is 23.8 Å². The number of hydrogen-bond acceptors (Lipinski definition) is 5. The number of likely N-dealkylation sites (tertiary alicyclic amines) is 1. The van der Waals surface area contributed by atoms with E-state index in [1.807, 2.05) is 25.1 Å². The number of nitrogens with one attached hydrogen (secondary N) is 3. The largest absolute Gasteiger partial charge is 0.493 e. The Morgan fingerprint density at radius 1 is 1.28 bits per heavy atom. The molecule has 0 bridgehead atoms. The highest BCUT2D eigenvalue weighted by Gasteiger charge is 2.21. The van der Waals surface area contributed by atoms with Crippen molar-refractivity contribution in [2.45, 2.75) is 32.4 Å². The van der Waals surface area contributed by atoms with Gasteiger partial charge in [0.15, 0.2) is 17.5 Å². The summed E-state index contributed by atoms with van der Waals surface area (Å²) in [4.78, 5) is 18.0. The zero-order chi connectivity index (χ0) is 20.4. The molecule has 0 aromatic heterocycles.